The molecule has 16 heavy (non-hydrogen) atoms. The van der Waals surface area contributed by atoms with E-state index in [0.29, 0.717) is 0 Å². The second kappa shape index (κ2) is 6.05. The second-order valence-electron chi connectivity index (χ2n) is 6.18. The standard InChI is InChI=1S/C15H31N/c1-5-14(6-2)15(16)10-7-8-13(9-11-15)12(3)4/h12-14H,5-11,16H2,1-4H3. The molecule has 2 N–H and O–H groups in total. The lowest BCUT2D eigenvalue weighted by Crippen LogP contribution is -2.46. The van der Waals surface area contributed by atoms with E-state index in [-0.39, 0.29) is 5.54 Å². The maximum Gasteiger partial charge on any atom is 0.0182 e. The Bertz CT molecular complexity index is 196. The average Bonchev–Trinajstić information content (AvgIpc) is 2.43. The first-order chi connectivity index (χ1) is 7.53. The Hall–Kier alpha value is -0.0400. The molecule has 1 aliphatic rings. The van der Waals surface area contributed by atoms with Crippen molar-refractivity contribution in [2.45, 2.75) is 78.2 Å². The molecule has 0 bridgehead atoms. The van der Waals surface area contributed by atoms with Gasteiger partial charge in [-0.1, -0.05) is 53.4 Å². The summed E-state index contributed by atoms with van der Waals surface area (Å²) in [6, 6.07) is 0. The summed E-state index contributed by atoms with van der Waals surface area (Å²) in [5.41, 5.74) is 6.83. The number of rotatable bonds is 4. The molecule has 0 amide bonds. The van der Waals surface area contributed by atoms with Gasteiger partial charge in [-0.25, -0.2) is 0 Å². The number of hydrogen-bond acceptors (Lipinski definition) is 1. The third kappa shape index (κ3) is 3.23. The zero-order valence-corrected chi connectivity index (χ0v) is 11.8. The van der Waals surface area contributed by atoms with Crippen LogP contribution in [0.2, 0.25) is 0 Å². The van der Waals surface area contributed by atoms with Crippen molar-refractivity contribution in [3.05, 3.63) is 0 Å². The molecule has 1 heteroatoms. The third-order valence-corrected chi connectivity index (χ3v) is 4.94. The van der Waals surface area contributed by atoms with Crippen LogP contribution in [0.5, 0.6) is 0 Å². The van der Waals surface area contributed by atoms with Gasteiger partial charge in [-0.3, -0.25) is 0 Å². The minimum absolute atomic E-state index is 0.146. The van der Waals surface area contributed by atoms with Crippen LogP contribution in [0.1, 0.15) is 72.6 Å². The normalized spacial score (nSPS) is 32.1. The lowest BCUT2D eigenvalue weighted by atomic mass is 9.75. The van der Waals surface area contributed by atoms with E-state index < -0.39 is 0 Å². The van der Waals surface area contributed by atoms with E-state index in [9.17, 15) is 0 Å². The van der Waals surface area contributed by atoms with Crippen LogP contribution in [-0.4, -0.2) is 5.54 Å². The van der Waals surface area contributed by atoms with Crippen LogP contribution in [0, 0.1) is 17.8 Å². The summed E-state index contributed by atoms with van der Waals surface area (Å²) in [5, 5.41) is 0. The molecule has 0 spiro atoms. The fraction of sp³-hybridized carbons (Fsp3) is 1.00. The highest BCUT2D eigenvalue weighted by Crippen LogP contribution is 2.38. The van der Waals surface area contributed by atoms with E-state index in [2.05, 4.69) is 27.7 Å². The van der Waals surface area contributed by atoms with Crippen molar-refractivity contribution in [2.75, 3.05) is 0 Å². The van der Waals surface area contributed by atoms with E-state index >= 15 is 0 Å². The molecule has 1 nitrogen and oxygen atoms in total. The Kier molecular flexibility index (Phi) is 5.30. The van der Waals surface area contributed by atoms with Crippen LogP contribution >= 0.6 is 0 Å². The lowest BCUT2D eigenvalue weighted by Gasteiger charge is -2.36. The van der Waals surface area contributed by atoms with Crippen molar-refractivity contribution in [3.8, 4) is 0 Å². The molecule has 96 valence electrons. The first kappa shape index (κ1) is 14.0. The van der Waals surface area contributed by atoms with Gasteiger partial charge >= 0.3 is 0 Å². The summed E-state index contributed by atoms with van der Waals surface area (Å²) in [6.07, 6.45) is 9.10. The zero-order chi connectivity index (χ0) is 12.2. The Labute approximate surface area is 102 Å². The molecule has 0 radical (unpaired) electrons. The Balaban J connectivity index is 2.63. The van der Waals surface area contributed by atoms with Gasteiger partial charge in [-0.15, -0.1) is 0 Å². The molecular weight excluding hydrogens is 194 g/mol. The minimum Gasteiger partial charge on any atom is -0.325 e. The van der Waals surface area contributed by atoms with Crippen LogP contribution < -0.4 is 5.73 Å². The third-order valence-electron chi connectivity index (χ3n) is 4.94. The highest BCUT2D eigenvalue weighted by atomic mass is 14.8. The predicted octanol–water partition coefficient (Wildman–Crippen LogP) is 4.36. The summed E-state index contributed by atoms with van der Waals surface area (Å²) in [5.74, 6) is 2.49. The summed E-state index contributed by atoms with van der Waals surface area (Å²) in [4.78, 5) is 0. The molecule has 2 unspecified atom stereocenters. The fourth-order valence-corrected chi connectivity index (χ4v) is 3.59. The van der Waals surface area contributed by atoms with Gasteiger partial charge < -0.3 is 5.73 Å². The SMILES string of the molecule is CCC(CC)C1(N)CCCC(C(C)C)CC1. The van der Waals surface area contributed by atoms with Crippen molar-refractivity contribution in [1.82, 2.24) is 0 Å². The smallest absolute Gasteiger partial charge is 0.0182 e. The Morgan fingerprint density at radius 1 is 1.12 bits per heavy atom. The Morgan fingerprint density at radius 3 is 2.25 bits per heavy atom. The van der Waals surface area contributed by atoms with Gasteiger partial charge in [0.2, 0.25) is 0 Å². The molecule has 0 aromatic carbocycles. The van der Waals surface area contributed by atoms with Crippen LogP contribution in [-0.2, 0) is 0 Å². The van der Waals surface area contributed by atoms with Gasteiger partial charge in [0.15, 0.2) is 0 Å². The van der Waals surface area contributed by atoms with Gasteiger partial charge in [-0.05, 0) is 37.0 Å². The predicted molar refractivity (Wildman–Crippen MR) is 72.4 cm³/mol. The largest absolute Gasteiger partial charge is 0.325 e. The number of nitrogens with two attached hydrogens (primary N) is 1. The van der Waals surface area contributed by atoms with Gasteiger partial charge in [0.25, 0.3) is 0 Å². The van der Waals surface area contributed by atoms with E-state index in [0.717, 1.165) is 17.8 Å². The van der Waals surface area contributed by atoms with E-state index in [1.165, 1.54) is 44.9 Å². The lowest BCUT2D eigenvalue weighted by molar-refractivity contribution is 0.219. The van der Waals surface area contributed by atoms with Crippen molar-refractivity contribution < 1.29 is 0 Å². The molecule has 0 saturated heterocycles. The van der Waals surface area contributed by atoms with E-state index in [4.69, 9.17) is 5.73 Å². The summed E-state index contributed by atoms with van der Waals surface area (Å²) < 4.78 is 0. The maximum absolute atomic E-state index is 6.69. The molecule has 1 rings (SSSR count). The van der Waals surface area contributed by atoms with Gasteiger partial charge in [-0.2, -0.15) is 0 Å². The molecule has 1 aliphatic carbocycles. The molecule has 0 aromatic rings. The summed E-state index contributed by atoms with van der Waals surface area (Å²) in [6.45, 7) is 9.33. The molecule has 0 aliphatic heterocycles. The highest BCUT2D eigenvalue weighted by molar-refractivity contribution is 4.93. The van der Waals surface area contributed by atoms with E-state index in [1.807, 2.05) is 0 Å². The Morgan fingerprint density at radius 2 is 1.75 bits per heavy atom. The van der Waals surface area contributed by atoms with Crippen LogP contribution in [0.3, 0.4) is 0 Å². The van der Waals surface area contributed by atoms with Crippen molar-refractivity contribution in [3.63, 3.8) is 0 Å². The summed E-state index contributed by atoms with van der Waals surface area (Å²) >= 11 is 0. The molecule has 1 saturated carbocycles. The molecule has 0 aromatic heterocycles. The van der Waals surface area contributed by atoms with Gasteiger partial charge in [0.1, 0.15) is 0 Å². The molecule has 1 fully saturated rings. The zero-order valence-electron chi connectivity index (χ0n) is 11.8. The van der Waals surface area contributed by atoms with Gasteiger partial charge in [0.05, 0.1) is 0 Å². The molecule has 0 heterocycles. The quantitative estimate of drug-likeness (QED) is 0.707. The van der Waals surface area contributed by atoms with Crippen LogP contribution in [0.25, 0.3) is 0 Å². The van der Waals surface area contributed by atoms with E-state index in [1.54, 1.807) is 0 Å². The topological polar surface area (TPSA) is 26.0 Å². The van der Waals surface area contributed by atoms with Crippen LogP contribution in [0.15, 0.2) is 0 Å². The molecule has 2 atom stereocenters. The highest BCUT2D eigenvalue weighted by Gasteiger charge is 2.35. The van der Waals surface area contributed by atoms with Crippen molar-refractivity contribution in [2.24, 2.45) is 23.5 Å². The van der Waals surface area contributed by atoms with Crippen molar-refractivity contribution in [1.29, 1.82) is 0 Å². The maximum atomic E-state index is 6.69. The first-order valence-electron chi connectivity index (χ1n) is 7.32. The second-order valence-corrected chi connectivity index (χ2v) is 6.18. The number of hydrogen-bond donors (Lipinski definition) is 1. The minimum atomic E-state index is 0.146. The summed E-state index contributed by atoms with van der Waals surface area (Å²) in [7, 11) is 0. The first-order valence-corrected chi connectivity index (χ1v) is 7.32. The van der Waals surface area contributed by atoms with Crippen molar-refractivity contribution >= 4 is 0 Å². The van der Waals surface area contributed by atoms with Gasteiger partial charge in [0, 0.05) is 5.54 Å². The van der Waals surface area contributed by atoms with Crippen LogP contribution in [0.4, 0.5) is 0 Å². The molecular formula is C15H31N. The fourth-order valence-electron chi connectivity index (χ4n) is 3.59. The monoisotopic (exact) mass is 225 g/mol. The average molecular weight is 225 g/mol.